The van der Waals surface area contributed by atoms with Crippen LogP contribution >= 0.6 is 0 Å². The number of hydrogen-bond donors (Lipinski definition) is 3. The number of piperidine rings is 1. The van der Waals surface area contributed by atoms with Gasteiger partial charge in [0.05, 0.1) is 19.0 Å². The zero-order valence-electron chi connectivity index (χ0n) is 22.2. The van der Waals surface area contributed by atoms with Gasteiger partial charge in [0.2, 0.25) is 0 Å². The zero-order valence-corrected chi connectivity index (χ0v) is 22.2. The van der Waals surface area contributed by atoms with Crippen LogP contribution < -0.4 is 5.32 Å². The summed E-state index contributed by atoms with van der Waals surface area (Å²) in [6.07, 6.45) is 0.111. The van der Waals surface area contributed by atoms with Crippen molar-refractivity contribution in [2.45, 2.75) is 70.0 Å². The van der Waals surface area contributed by atoms with Crippen molar-refractivity contribution in [3.8, 4) is 6.07 Å². The molecule has 38 heavy (non-hydrogen) atoms. The Bertz CT molecular complexity index is 998. The lowest BCUT2D eigenvalue weighted by Gasteiger charge is -2.32. The van der Waals surface area contributed by atoms with Crippen molar-refractivity contribution in [3.63, 3.8) is 0 Å². The number of carbonyl (C=O) groups is 2. The number of likely N-dealkylation sites (tertiary alicyclic amines) is 2. The van der Waals surface area contributed by atoms with E-state index in [0.717, 1.165) is 5.56 Å². The summed E-state index contributed by atoms with van der Waals surface area (Å²) in [4.78, 5) is 27.4. The largest absolute Gasteiger partial charge is 0.475 e. The Hall–Kier alpha value is -3.01. The van der Waals surface area contributed by atoms with E-state index < -0.39 is 37.1 Å². The molecule has 0 saturated carbocycles. The molecule has 2 heterocycles. The number of ether oxygens (including phenoxy) is 1. The maximum absolute atomic E-state index is 12.7. The molecule has 12 heteroatoms. The van der Waals surface area contributed by atoms with Gasteiger partial charge in [-0.25, -0.2) is 13.6 Å². The van der Waals surface area contributed by atoms with E-state index in [-0.39, 0.29) is 37.0 Å². The van der Waals surface area contributed by atoms with Crippen LogP contribution in [0, 0.1) is 11.3 Å². The quantitative estimate of drug-likeness (QED) is 0.291. The molecule has 3 rings (SSSR count). The number of hydrogen-bond acceptors (Lipinski definition) is 7. The predicted octanol–water partition coefficient (Wildman–Crippen LogP) is 2.53. The first-order chi connectivity index (χ1) is 17.7. The first-order valence-electron chi connectivity index (χ1n) is 12.6. The minimum Gasteiger partial charge on any atom is -0.444 e. The normalized spacial score (nSPS) is 19.8. The van der Waals surface area contributed by atoms with Gasteiger partial charge >= 0.3 is 13.2 Å². The second-order valence-electron chi connectivity index (χ2n) is 10.6. The standard InChI is InChI=1S/C18H22BN3O5.C8H15F2N/c1-13(11-20)17(23)22-9-5-8-15(12-22)27-18(24)21-16(19(25)26)10-14-6-3-2-4-7-14;1-7(2,3)11-5-4-8(9,10)6-11/h2-4,6-7,15-16,25-26H,1,5,8-10,12H2,(H,21,24);4-6H2,1-3H3. The summed E-state index contributed by atoms with van der Waals surface area (Å²) in [5, 5.41) is 30.3. The van der Waals surface area contributed by atoms with E-state index in [1.54, 1.807) is 6.07 Å². The Morgan fingerprint density at radius 3 is 2.45 bits per heavy atom. The van der Waals surface area contributed by atoms with Crippen LogP contribution in [0.4, 0.5) is 13.6 Å². The minimum atomic E-state index is -2.45. The maximum Gasteiger partial charge on any atom is 0.475 e. The molecule has 2 fully saturated rings. The van der Waals surface area contributed by atoms with Gasteiger partial charge < -0.3 is 25.0 Å². The second kappa shape index (κ2) is 13.7. The summed E-state index contributed by atoms with van der Waals surface area (Å²) in [6, 6.07) is 10.8. The molecule has 0 aliphatic carbocycles. The van der Waals surface area contributed by atoms with Crippen molar-refractivity contribution in [1.29, 1.82) is 5.26 Å². The van der Waals surface area contributed by atoms with Crippen molar-refractivity contribution in [1.82, 2.24) is 15.1 Å². The van der Waals surface area contributed by atoms with Crippen LogP contribution in [0.1, 0.15) is 45.6 Å². The molecule has 0 aromatic heterocycles. The number of halogens is 2. The molecule has 0 radical (unpaired) electrons. The summed E-state index contributed by atoms with van der Waals surface area (Å²) in [6.45, 7) is 10.4. The molecular formula is C26H37BF2N4O5. The fourth-order valence-electron chi connectivity index (χ4n) is 4.20. The van der Waals surface area contributed by atoms with Crippen molar-refractivity contribution in [2.75, 3.05) is 26.2 Å². The predicted molar refractivity (Wildman–Crippen MR) is 139 cm³/mol. The third kappa shape index (κ3) is 10.0. The lowest BCUT2D eigenvalue weighted by Crippen LogP contribution is -2.50. The molecule has 2 aliphatic rings. The first kappa shape index (κ1) is 31.2. The molecule has 1 aromatic rings. The van der Waals surface area contributed by atoms with E-state index in [4.69, 9.17) is 10.00 Å². The number of nitrogens with zero attached hydrogens (tertiary/aromatic N) is 3. The monoisotopic (exact) mass is 534 g/mol. The van der Waals surface area contributed by atoms with Crippen LogP contribution in [-0.2, 0) is 16.0 Å². The van der Waals surface area contributed by atoms with Gasteiger partial charge in [0.1, 0.15) is 17.7 Å². The first-order valence-corrected chi connectivity index (χ1v) is 12.6. The second-order valence-corrected chi connectivity index (χ2v) is 10.6. The summed E-state index contributed by atoms with van der Waals surface area (Å²) in [5.41, 5.74) is 0.562. The number of carbonyl (C=O) groups excluding carboxylic acids is 2. The number of nitrogens with one attached hydrogen (secondary N) is 1. The third-order valence-corrected chi connectivity index (χ3v) is 6.41. The van der Waals surface area contributed by atoms with Crippen molar-refractivity contribution < 1.29 is 33.2 Å². The molecule has 208 valence electrons. The smallest absolute Gasteiger partial charge is 0.444 e. The molecule has 2 amide bonds. The average Bonchev–Trinajstić information content (AvgIpc) is 3.24. The Kier molecular flexibility index (Phi) is 11.2. The molecule has 1 aromatic carbocycles. The highest BCUT2D eigenvalue weighted by Gasteiger charge is 2.41. The van der Waals surface area contributed by atoms with Crippen LogP contribution in [0.5, 0.6) is 0 Å². The molecule has 9 nitrogen and oxygen atoms in total. The maximum atomic E-state index is 12.7. The fourth-order valence-corrected chi connectivity index (χ4v) is 4.20. The van der Waals surface area contributed by atoms with Gasteiger partial charge in [0, 0.05) is 25.0 Å². The Morgan fingerprint density at radius 1 is 1.29 bits per heavy atom. The molecule has 2 saturated heterocycles. The molecule has 0 bridgehead atoms. The molecule has 2 atom stereocenters. The summed E-state index contributed by atoms with van der Waals surface area (Å²) >= 11 is 0. The summed E-state index contributed by atoms with van der Waals surface area (Å²) in [7, 11) is -1.75. The molecule has 2 unspecified atom stereocenters. The molecule has 2 aliphatic heterocycles. The Labute approximate surface area is 223 Å². The zero-order chi connectivity index (χ0) is 28.5. The SMILES string of the molecule is C=C(C#N)C(=O)N1CCCC(OC(=O)NC(Cc2ccccc2)B(O)O)C1.CC(C)(C)N1CCC(F)(F)C1. The highest BCUT2D eigenvalue weighted by Crippen LogP contribution is 2.31. The van der Waals surface area contributed by atoms with Crippen LogP contribution in [0.25, 0.3) is 0 Å². The number of alkyl carbamates (subject to hydrolysis) is 1. The minimum absolute atomic E-state index is 0.0181. The topological polar surface area (TPSA) is 126 Å². The Morgan fingerprint density at radius 2 is 1.95 bits per heavy atom. The van der Waals surface area contributed by atoms with Crippen LogP contribution in [0.15, 0.2) is 42.5 Å². The van der Waals surface area contributed by atoms with Gasteiger partial charge in [-0.05, 0) is 45.6 Å². The van der Waals surface area contributed by atoms with Crippen molar-refractivity contribution in [3.05, 3.63) is 48.0 Å². The number of rotatable bonds is 6. The number of alkyl halides is 2. The van der Waals surface area contributed by atoms with Gasteiger partial charge in [-0.15, -0.1) is 0 Å². The lowest BCUT2D eigenvalue weighted by atomic mass is 9.76. The lowest BCUT2D eigenvalue weighted by molar-refractivity contribution is -0.129. The van der Waals surface area contributed by atoms with E-state index >= 15 is 0 Å². The number of nitriles is 1. The number of benzene rings is 1. The Balaban J connectivity index is 0.000000384. The highest BCUT2D eigenvalue weighted by molar-refractivity contribution is 6.43. The molecule has 3 N–H and O–H groups in total. The highest BCUT2D eigenvalue weighted by atomic mass is 19.3. The number of amides is 2. The van der Waals surface area contributed by atoms with Gasteiger partial charge in [-0.2, -0.15) is 5.26 Å². The van der Waals surface area contributed by atoms with E-state index in [1.807, 2.05) is 56.0 Å². The van der Waals surface area contributed by atoms with E-state index in [9.17, 15) is 28.4 Å². The third-order valence-electron chi connectivity index (χ3n) is 6.41. The van der Waals surface area contributed by atoms with E-state index in [1.165, 1.54) is 4.90 Å². The van der Waals surface area contributed by atoms with Gasteiger partial charge in [0.15, 0.2) is 0 Å². The van der Waals surface area contributed by atoms with Crippen LogP contribution in [0.2, 0.25) is 0 Å². The molecular weight excluding hydrogens is 497 g/mol. The van der Waals surface area contributed by atoms with E-state index in [2.05, 4.69) is 11.9 Å². The van der Waals surface area contributed by atoms with E-state index in [0.29, 0.717) is 25.9 Å². The van der Waals surface area contributed by atoms with Crippen molar-refractivity contribution >= 4 is 19.1 Å². The molecule has 0 spiro atoms. The van der Waals surface area contributed by atoms with Crippen LogP contribution in [0.3, 0.4) is 0 Å². The van der Waals surface area contributed by atoms with Gasteiger partial charge in [-0.1, -0.05) is 36.9 Å². The fraction of sp³-hybridized carbons (Fsp3) is 0.577. The van der Waals surface area contributed by atoms with Gasteiger partial charge in [-0.3, -0.25) is 9.69 Å². The van der Waals surface area contributed by atoms with Crippen molar-refractivity contribution in [2.24, 2.45) is 0 Å². The van der Waals surface area contributed by atoms with Gasteiger partial charge in [0.25, 0.3) is 11.8 Å². The van der Waals surface area contributed by atoms with Crippen LogP contribution in [-0.4, -0.2) is 88.7 Å². The summed E-state index contributed by atoms with van der Waals surface area (Å²) < 4.78 is 30.7. The average molecular weight is 534 g/mol. The summed E-state index contributed by atoms with van der Waals surface area (Å²) in [5.74, 6) is -3.86.